The topological polar surface area (TPSA) is 86.8 Å². The van der Waals surface area contributed by atoms with Gasteiger partial charge in [0.2, 0.25) is 21.8 Å². The lowest BCUT2D eigenvalue weighted by Gasteiger charge is -2.33. The predicted molar refractivity (Wildman–Crippen MR) is 135 cm³/mol. The summed E-state index contributed by atoms with van der Waals surface area (Å²) in [5.74, 6) is -1.38. The van der Waals surface area contributed by atoms with Crippen LogP contribution in [0.15, 0.2) is 48.5 Å². The second-order valence-corrected chi connectivity index (χ2v) is 11.3. The summed E-state index contributed by atoms with van der Waals surface area (Å²) in [7, 11) is -3.87. The summed E-state index contributed by atoms with van der Waals surface area (Å²) < 4.78 is 39.3. The van der Waals surface area contributed by atoms with Gasteiger partial charge in [-0.3, -0.25) is 13.9 Å². The van der Waals surface area contributed by atoms with E-state index < -0.39 is 34.3 Å². The van der Waals surface area contributed by atoms with Gasteiger partial charge in [0.1, 0.15) is 18.4 Å². The van der Waals surface area contributed by atoms with E-state index in [1.165, 1.54) is 17.0 Å². The molecular weight excluding hydrogens is 493 g/mol. The van der Waals surface area contributed by atoms with Crippen molar-refractivity contribution in [2.75, 3.05) is 17.1 Å². The van der Waals surface area contributed by atoms with Gasteiger partial charge < -0.3 is 10.2 Å². The molecule has 2 amide bonds. The van der Waals surface area contributed by atoms with Crippen molar-refractivity contribution in [1.82, 2.24) is 10.2 Å². The number of rotatable bonds is 9. The minimum atomic E-state index is -3.87. The van der Waals surface area contributed by atoms with Crippen molar-refractivity contribution in [3.8, 4) is 0 Å². The highest BCUT2D eigenvalue weighted by atomic mass is 35.5. The van der Waals surface area contributed by atoms with Crippen LogP contribution in [-0.4, -0.2) is 50.0 Å². The lowest BCUT2D eigenvalue weighted by atomic mass is 9.95. The number of hydrogen-bond donors (Lipinski definition) is 1. The lowest BCUT2D eigenvalue weighted by Crippen LogP contribution is -2.52. The summed E-state index contributed by atoms with van der Waals surface area (Å²) in [6, 6.07) is 11.0. The first-order valence-corrected chi connectivity index (χ1v) is 13.8. The van der Waals surface area contributed by atoms with Crippen molar-refractivity contribution in [1.29, 1.82) is 0 Å². The van der Waals surface area contributed by atoms with Crippen molar-refractivity contribution < 1.29 is 22.4 Å². The van der Waals surface area contributed by atoms with Crippen molar-refractivity contribution in [2.45, 2.75) is 57.7 Å². The maximum absolute atomic E-state index is 13.5. The number of carbonyl (C=O) groups is 2. The largest absolute Gasteiger partial charge is 0.352 e. The summed E-state index contributed by atoms with van der Waals surface area (Å²) in [4.78, 5) is 28.0. The van der Waals surface area contributed by atoms with Crippen molar-refractivity contribution in [3.05, 3.63) is 64.9 Å². The zero-order chi connectivity index (χ0) is 25.6. The average Bonchev–Trinajstić information content (AvgIpc) is 2.81. The maximum Gasteiger partial charge on any atom is 0.244 e. The van der Waals surface area contributed by atoms with Gasteiger partial charge in [-0.15, -0.1) is 0 Å². The smallest absolute Gasteiger partial charge is 0.244 e. The van der Waals surface area contributed by atoms with E-state index in [2.05, 4.69) is 5.32 Å². The second-order valence-electron chi connectivity index (χ2n) is 8.92. The molecule has 0 aromatic heterocycles. The third-order valence-corrected chi connectivity index (χ3v) is 7.53. The van der Waals surface area contributed by atoms with Crippen LogP contribution >= 0.6 is 11.6 Å². The van der Waals surface area contributed by atoms with Crippen LogP contribution in [0.25, 0.3) is 0 Å². The minimum absolute atomic E-state index is 0.0635. The molecule has 1 aliphatic carbocycles. The van der Waals surface area contributed by atoms with E-state index in [1.54, 1.807) is 31.2 Å². The number of nitrogens with zero attached hydrogens (tertiary/aromatic N) is 2. The molecule has 3 rings (SSSR count). The molecule has 7 nitrogen and oxygen atoms in total. The first-order valence-electron chi connectivity index (χ1n) is 11.6. The fourth-order valence-electron chi connectivity index (χ4n) is 4.20. The molecule has 1 unspecified atom stereocenters. The predicted octanol–water partition coefficient (Wildman–Crippen LogP) is 4.11. The highest BCUT2D eigenvalue weighted by Crippen LogP contribution is 2.21. The Hall–Kier alpha value is -2.65. The minimum Gasteiger partial charge on any atom is -0.352 e. The van der Waals surface area contributed by atoms with Crippen LogP contribution in [0, 0.1) is 5.82 Å². The Balaban J connectivity index is 1.86. The zero-order valence-electron chi connectivity index (χ0n) is 19.9. The number of sulfonamides is 1. The fourth-order valence-corrected chi connectivity index (χ4v) is 5.27. The Morgan fingerprint density at radius 3 is 2.37 bits per heavy atom. The van der Waals surface area contributed by atoms with E-state index in [1.807, 2.05) is 0 Å². The average molecular weight is 524 g/mol. The van der Waals surface area contributed by atoms with Gasteiger partial charge in [-0.25, -0.2) is 12.8 Å². The summed E-state index contributed by atoms with van der Waals surface area (Å²) in [6.07, 6.45) is 6.01. The molecule has 0 saturated heterocycles. The van der Waals surface area contributed by atoms with Gasteiger partial charge in [-0.2, -0.15) is 0 Å². The number of amides is 2. The van der Waals surface area contributed by atoms with Crippen molar-refractivity contribution in [2.24, 2.45) is 0 Å². The molecule has 10 heteroatoms. The van der Waals surface area contributed by atoms with Gasteiger partial charge in [0.25, 0.3) is 0 Å². The standard InChI is InChI=1S/C25H31ClFN3O4S/c1-18(25(32)28-22-9-4-3-5-10-22)29(16-19-7-6-8-20(26)15-19)24(31)17-30(35(2,33)34)23-13-11-21(27)12-14-23/h6-8,11-15,18,22H,3-5,9-10,16-17H2,1-2H3,(H,28,32). The van der Waals surface area contributed by atoms with Gasteiger partial charge in [-0.05, 0) is 61.7 Å². The van der Waals surface area contributed by atoms with Gasteiger partial charge in [0, 0.05) is 17.6 Å². The Morgan fingerprint density at radius 2 is 1.77 bits per heavy atom. The number of anilines is 1. The van der Waals surface area contributed by atoms with Crippen LogP contribution < -0.4 is 9.62 Å². The van der Waals surface area contributed by atoms with Gasteiger partial charge in [0.15, 0.2) is 0 Å². The summed E-state index contributed by atoms with van der Waals surface area (Å²) >= 11 is 6.11. The van der Waals surface area contributed by atoms with Gasteiger partial charge >= 0.3 is 0 Å². The molecule has 0 bridgehead atoms. The maximum atomic E-state index is 13.5. The van der Waals surface area contributed by atoms with Crippen molar-refractivity contribution >= 4 is 39.1 Å². The third kappa shape index (κ3) is 7.67. The molecule has 1 atom stereocenters. The van der Waals surface area contributed by atoms with Crippen LogP contribution in [0.5, 0.6) is 0 Å². The number of benzene rings is 2. The number of carbonyl (C=O) groups excluding carboxylic acids is 2. The number of halogens is 2. The summed E-state index contributed by atoms with van der Waals surface area (Å²) in [6.45, 7) is 1.16. The molecule has 0 aliphatic heterocycles. The van der Waals surface area contributed by atoms with E-state index in [-0.39, 0.29) is 24.2 Å². The Kier molecular flexibility index (Phi) is 9.13. The fraction of sp³-hybridized carbons (Fsp3) is 0.440. The first-order chi connectivity index (χ1) is 16.5. The molecule has 1 saturated carbocycles. The molecule has 35 heavy (non-hydrogen) atoms. The normalized spacial score (nSPS) is 15.3. The van der Waals surface area contributed by atoms with Gasteiger partial charge in [-0.1, -0.05) is 43.0 Å². The van der Waals surface area contributed by atoms with Crippen LogP contribution in [0.3, 0.4) is 0 Å². The first kappa shape index (κ1) is 26.9. The number of nitrogens with one attached hydrogen (secondary N) is 1. The summed E-state index contributed by atoms with van der Waals surface area (Å²) in [5, 5.41) is 3.52. The Labute approximate surface area is 211 Å². The van der Waals surface area contributed by atoms with Crippen LogP contribution in [0.2, 0.25) is 5.02 Å². The molecular formula is C25H31ClFN3O4S. The number of hydrogen-bond acceptors (Lipinski definition) is 4. The quantitative estimate of drug-likeness (QED) is 0.536. The highest BCUT2D eigenvalue weighted by molar-refractivity contribution is 7.92. The Morgan fingerprint density at radius 1 is 1.11 bits per heavy atom. The second kappa shape index (κ2) is 11.9. The van der Waals surface area contributed by atoms with Crippen LogP contribution in [0.4, 0.5) is 10.1 Å². The molecule has 1 aliphatic rings. The molecule has 2 aromatic carbocycles. The Bertz CT molecular complexity index is 1140. The summed E-state index contributed by atoms with van der Waals surface area (Å²) in [5.41, 5.74) is 0.861. The monoisotopic (exact) mass is 523 g/mol. The molecule has 2 aromatic rings. The van der Waals surface area contributed by atoms with Crippen LogP contribution in [-0.2, 0) is 26.2 Å². The van der Waals surface area contributed by atoms with Gasteiger partial charge in [0.05, 0.1) is 11.9 Å². The third-order valence-electron chi connectivity index (χ3n) is 6.15. The lowest BCUT2D eigenvalue weighted by molar-refractivity contribution is -0.139. The molecule has 0 heterocycles. The van der Waals surface area contributed by atoms with Crippen molar-refractivity contribution in [3.63, 3.8) is 0 Å². The molecule has 1 N–H and O–H groups in total. The van der Waals surface area contributed by atoms with E-state index >= 15 is 0 Å². The van der Waals surface area contributed by atoms with E-state index in [0.717, 1.165) is 54.8 Å². The van der Waals surface area contributed by atoms with E-state index in [0.29, 0.717) is 10.6 Å². The SMILES string of the molecule is CC(C(=O)NC1CCCCC1)N(Cc1cccc(Cl)c1)C(=O)CN(c1ccc(F)cc1)S(C)(=O)=O. The van der Waals surface area contributed by atoms with Crippen LogP contribution in [0.1, 0.15) is 44.6 Å². The molecule has 0 spiro atoms. The highest BCUT2D eigenvalue weighted by Gasteiger charge is 2.31. The molecule has 190 valence electrons. The van der Waals surface area contributed by atoms with E-state index in [4.69, 9.17) is 11.6 Å². The molecule has 0 radical (unpaired) electrons. The van der Waals surface area contributed by atoms with E-state index in [9.17, 15) is 22.4 Å². The zero-order valence-corrected chi connectivity index (χ0v) is 21.5. The molecule has 1 fully saturated rings.